The van der Waals surface area contributed by atoms with E-state index in [0.717, 1.165) is 5.56 Å². The van der Waals surface area contributed by atoms with Gasteiger partial charge in [-0.25, -0.2) is 10.0 Å². The fourth-order valence-corrected chi connectivity index (χ4v) is 4.31. The van der Waals surface area contributed by atoms with Crippen LogP contribution in [0.1, 0.15) is 18.5 Å². The summed E-state index contributed by atoms with van der Waals surface area (Å²) in [6.45, 7) is 4.18. The number of halogens is 3. The Kier molecular flexibility index (Phi) is 6.51. The van der Waals surface area contributed by atoms with Crippen molar-refractivity contribution in [3.8, 4) is 0 Å². The van der Waals surface area contributed by atoms with E-state index in [-0.39, 0.29) is 17.9 Å². The Balaban J connectivity index is 1.63. The first-order valence-electron chi connectivity index (χ1n) is 9.66. The number of carbonyl (C=O) groups is 1. The first-order chi connectivity index (χ1) is 14.5. The molecule has 0 spiro atoms. The third-order valence-corrected chi connectivity index (χ3v) is 6.09. The van der Waals surface area contributed by atoms with E-state index < -0.39 is 0 Å². The van der Waals surface area contributed by atoms with Gasteiger partial charge in [0.15, 0.2) is 0 Å². The van der Waals surface area contributed by atoms with Gasteiger partial charge < -0.3 is 10.2 Å². The normalized spacial score (nSPS) is 21.8. The summed E-state index contributed by atoms with van der Waals surface area (Å²) in [6, 6.07) is 12.5. The number of hydrazine groups is 1. The first kappa shape index (κ1) is 21.4. The first-order valence-corrected chi connectivity index (χ1v) is 10.8. The van der Waals surface area contributed by atoms with Gasteiger partial charge in [0.25, 0.3) is 5.91 Å². The lowest BCUT2D eigenvalue weighted by Crippen LogP contribution is -2.54. The molecule has 0 aliphatic carbocycles. The summed E-state index contributed by atoms with van der Waals surface area (Å²) in [5.41, 5.74) is 5.13. The van der Waals surface area contributed by atoms with Crippen LogP contribution in [-0.4, -0.2) is 42.9 Å². The highest BCUT2D eigenvalue weighted by Crippen LogP contribution is 2.33. The quantitative estimate of drug-likeness (QED) is 0.716. The molecule has 0 saturated carbocycles. The van der Waals surface area contributed by atoms with Crippen molar-refractivity contribution in [1.29, 1.82) is 0 Å². The monoisotopic (exact) mass is 466 g/mol. The zero-order valence-electron chi connectivity index (χ0n) is 16.3. The van der Waals surface area contributed by atoms with Gasteiger partial charge in [-0.1, -0.05) is 53.9 Å². The molecule has 1 amide bonds. The second-order valence-corrected chi connectivity index (χ2v) is 8.50. The van der Waals surface area contributed by atoms with Crippen molar-refractivity contribution in [3.63, 3.8) is 0 Å². The lowest BCUT2D eigenvalue weighted by Gasteiger charge is -2.37. The molecular formula is C21H21Cl3N4O2. The van der Waals surface area contributed by atoms with Crippen molar-refractivity contribution in [3.05, 3.63) is 63.1 Å². The van der Waals surface area contributed by atoms with Gasteiger partial charge in [-0.3, -0.25) is 4.79 Å². The Morgan fingerprint density at radius 1 is 1.10 bits per heavy atom. The van der Waals surface area contributed by atoms with Crippen LogP contribution in [0.5, 0.6) is 0 Å². The number of benzene rings is 2. The Labute approximate surface area is 190 Å². The standard InChI is InChI=1S/C21H21Cl3N4O2/c1-13-19(14-2-4-15(22)5-3-14)25-26-20(13)21(29)28(27-8-10-30-11-9-27)18-7-6-16(23)12-17(18)24/h2-7,12-13,19,25H,8-11H2,1H3/t13-,19-/m1/s1. The van der Waals surface area contributed by atoms with Gasteiger partial charge in [0.1, 0.15) is 5.71 Å². The van der Waals surface area contributed by atoms with Gasteiger partial charge in [-0.15, -0.1) is 0 Å². The lowest BCUT2D eigenvalue weighted by atomic mass is 9.92. The number of morpholine rings is 1. The Morgan fingerprint density at radius 3 is 2.43 bits per heavy atom. The summed E-state index contributed by atoms with van der Waals surface area (Å²) in [7, 11) is 0. The zero-order valence-corrected chi connectivity index (χ0v) is 18.6. The molecule has 2 aromatic carbocycles. The summed E-state index contributed by atoms with van der Waals surface area (Å²) in [4.78, 5) is 13.7. The molecule has 9 heteroatoms. The molecule has 0 bridgehead atoms. The highest BCUT2D eigenvalue weighted by Gasteiger charge is 2.38. The molecule has 2 aliphatic heterocycles. The van der Waals surface area contributed by atoms with Gasteiger partial charge in [-0.2, -0.15) is 5.10 Å². The summed E-state index contributed by atoms with van der Waals surface area (Å²) >= 11 is 18.5. The SMILES string of the molecule is C[C@H]1C(C(=O)N(c2ccc(Cl)cc2Cl)N2CCOCC2)=NN[C@H]1c1ccc(Cl)cc1. The second kappa shape index (κ2) is 9.12. The van der Waals surface area contributed by atoms with Crippen LogP contribution in [0, 0.1) is 5.92 Å². The number of rotatable bonds is 4. The van der Waals surface area contributed by atoms with Crippen LogP contribution in [0.15, 0.2) is 47.6 Å². The Bertz CT molecular complexity index is 961. The minimum atomic E-state index is -0.224. The number of amides is 1. The van der Waals surface area contributed by atoms with Gasteiger partial charge in [-0.05, 0) is 35.9 Å². The van der Waals surface area contributed by atoms with Crippen LogP contribution in [0.25, 0.3) is 0 Å². The van der Waals surface area contributed by atoms with E-state index in [1.54, 1.807) is 23.2 Å². The fourth-order valence-electron chi connectivity index (χ4n) is 3.69. The number of nitrogens with one attached hydrogen (secondary N) is 1. The topological polar surface area (TPSA) is 57.2 Å². The van der Waals surface area contributed by atoms with E-state index in [9.17, 15) is 4.79 Å². The second-order valence-electron chi connectivity index (χ2n) is 7.22. The number of carbonyl (C=O) groups excluding carboxylic acids is 1. The van der Waals surface area contributed by atoms with Gasteiger partial charge in [0.2, 0.25) is 0 Å². The zero-order chi connectivity index (χ0) is 21.3. The van der Waals surface area contributed by atoms with Crippen molar-refractivity contribution in [2.45, 2.75) is 13.0 Å². The Morgan fingerprint density at radius 2 is 1.77 bits per heavy atom. The Hall–Kier alpha value is -1.83. The minimum absolute atomic E-state index is 0.117. The third-order valence-electron chi connectivity index (χ3n) is 5.30. The predicted molar refractivity (Wildman–Crippen MR) is 120 cm³/mol. The molecule has 1 fully saturated rings. The maximum absolute atomic E-state index is 13.7. The molecule has 4 rings (SSSR count). The van der Waals surface area contributed by atoms with Crippen LogP contribution >= 0.6 is 34.8 Å². The fraction of sp³-hybridized carbons (Fsp3) is 0.333. The molecule has 2 aromatic rings. The molecular weight excluding hydrogens is 447 g/mol. The van der Waals surface area contributed by atoms with E-state index in [2.05, 4.69) is 10.5 Å². The van der Waals surface area contributed by atoms with Crippen molar-refractivity contribution in [2.75, 3.05) is 31.3 Å². The predicted octanol–water partition coefficient (Wildman–Crippen LogP) is 4.56. The number of hydrogen-bond donors (Lipinski definition) is 1. The molecule has 158 valence electrons. The molecule has 0 aromatic heterocycles. The van der Waals surface area contributed by atoms with Gasteiger partial charge >= 0.3 is 0 Å². The molecule has 1 N–H and O–H groups in total. The molecule has 2 atom stereocenters. The molecule has 0 unspecified atom stereocenters. The number of hydrogen-bond acceptors (Lipinski definition) is 5. The largest absolute Gasteiger partial charge is 0.379 e. The summed E-state index contributed by atoms with van der Waals surface area (Å²) < 4.78 is 5.46. The average molecular weight is 468 g/mol. The third kappa shape index (κ3) is 4.29. The van der Waals surface area contributed by atoms with E-state index in [1.807, 2.05) is 36.2 Å². The lowest BCUT2D eigenvalue weighted by molar-refractivity contribution is -0.116. The van der Waals surface area contributed by atoms with Crippen molar-refractivity contribution >= 4 is 52.1 Å². The van der Waals surface area contributed by atoms with E-state index in [1.165, 1.54) is 0 Å². The molecule has 2 aliphatic rings. The van der Waals surface area contributed by atoms with Gasteiger partial charge in [0.05, 0.1) is 30.0 Å². The molecule has 2 heterocycles. The highest BCUT2D eigenvalue weighted by molar-refractivity contribution is 6.46. The summed E-state index contributed by atoms with van der Waals surface area (Å²) in [5, 5.41) is 9.51. The van der Waals surface area contributed by atoms with Crippen molar-refractivity contribution in [1.82, 2.24) is 10.4 Å². The number of ether oxygens (including phenoxy) is 1. The van der Waals surface area contributed by atoms with Crippen LogP contribution in [-0.2, 0) is 9.53 Å². The maximum atomic E-state index is 13.7. The number of anilines is 1. The molecule has 30 heavy (non-hydrogen) atoms. The molecule has 1 saturated heterocycles. The minimum Gasteiger partial charge on any atom is -0.379 e. The van der Waals surface area contributed by atoms with Gasteiger partial charge in [0, 0.05) is 29.1 Å². The van der Waals surface area contributed by atoms with E-state index in [4.69, 9.17) is 39.5 Å². The maximum Gasteiger partial charge on any atom is 0.289 e. The van der Waals surface area contributed by atoms with Crippen LogP contribution in [0.2, 0.25) is 15.1 Å². The van der Waals surface area contributed by atoms with E-state index in [0.29, 0.717) is 52.8 Å². The van der Waals surface area contributed by atoms with Crippen LogP contribution in [0.4, 0.5) is 5.69 Å². The highest BCUT2D eigenvalue weighted by atomic mass is 35.5. The van der Waals surface area contributed by atoms with E-state index >= 15 is 0 Å². The van der Waals surface area contributed by atoms with Crippen LogP contribution < -0.4 is 10.4 Å². The van der Waals surface area contributed by atoms with Crippen LogP contribution in [0.3, 0.4) is 0 Å². The smallest absolute Gasteiger partial charge is 0.289 e. The van der Waals surface area contributed by atoms with Crippen molar-refractivity contribution < 1.29 is 9.53 Å². The molecule has 0 radical (unpaired) electrons. The summed E-state index contributed by atoms with van der Waals surface area (Å²) in [5.74, 6) is -0.370. The average Bonchev–Trinajstić information content (AvgIpc) is 3.12. The summed E-state index contributed by atoms with van der Waals surface area (Å²) in [6.07, 6.45) is 0. The number of hydrazone groups is 1. The van der Waals surface area contributed by atoms with Crippen molar-refractivity contribution in [2.24, 2.45) is 11.0 Å². The number of nitrogens with zero attached hydrogens (tertiary/aromatic N) is 3. The molecule has 6 nitrogen and oxygen atoms in total.